The van der Waals surface area contributed by atoms with Crippen LogP contribution >= 0.6 is 0 Å². The molecule has 0 fully saturated rings. The van der Waals surface area contributed by atoms with E-state index in [9.17, 15) is 8.42 Å². The van der Waals surface area contributed by atoms with Crippen LogP contribution in [0.4, 0.5) is 0 Å². The van der Waals surface area contributed by atoms with Gasteiger partial charge in [-0.2, -0.15) is 8.42 Å². The van der Waals surface area contributed by atoms with Gasteiger partial charge in [0.15, 0.2) is 0 Å². The minimum Gasteiger partial charge on any atom is -0.379 e. The van der Waals surface area contributed by atoms with E-state index in [1.165, 1.54) is 0 Å². The molecule has 6 heteroatoms. The van der Waals surface area contributed by atoms with Gasteiger partial charge in [0.25, 0.3) is 10.1 Å². The van der Waals surface area contributed by atoms with Crippen molar-refractivity contribution in [1.82, 2.24) is 0 Å². The normalized spacial score (nSPS) is 13.9. The molecule has 0 atom stereocenters. The summed E-state index contributed by atoms with van der Waals surface area (Å²) in [6.07, 6.45) is 2.34. The van der Waals surface area contributed by atoms with Crippen molar-refractivity contribution >= 4 is 10.1 Å². The standard InChI is InChI=1S/C12H26O5S/c1-11(2,15-5)7-9-16-12(3,4)8-10-17-18(6,13)14/h7-10H2,1-6H3. The molecule has 0 N–H and O–H groups in total. The summed E-state index contributed by atoms with van der Waals surface area (Å²) in [5.74, 6) is 0. The molecule has 18 heavy (non-hydrogen) atoms. The highest BCUT2D eigenvalue weighted by Crippen LogP contribution is 2.19. The van der Waals surface area contributed by atoms with E-state index in [0.29, 0.717) is 13.0 Å². The van der Waals surface area contributed by atoms with Gasteiger partial charge in [-0.15, -0.1) is 0 Å². The zero-order valence-electron chi connectivity index (χ0n) is 12.3. The van der Waals surface area contributed by atoms with E-state index in [4.69, 9.17) is 13.7 Å². The van der Waals surface area contributed by atoms with Crippen LogP contribution in [0.15, 0.2) is 0 Å². The van der Waals surface area contributed by atoms with Crippen molar-refractivity contribution in [2.45, 2.75) is 51.7 Å². The molecular weight excluding hydrogens is 256 g/mol. The van der Waals surface area contributed by atoms with Gasteiger partial charge >= 0.3 is 0 Å². The molecule has 110 valence electrons. The molecule has 0 spiro atoms. The molecule has 0 aromatic carbocycles. The van der Waals surface area contributed by atoms with Crippen LogP contribution < -0.4 is 0 Å². The Labute approximate surface area is 111 Å². The Hall–Kier alpha value is -0.170. The summed E-state index contributed by atoms with van der Waals surface area (Å²) < 4.78 is 37.4. The second kappa shape index (κ2) is 6.84. The predicted molar refractivity (Wildman–Crippen MR) is 71.1 cm³/mol. The zero-order chi connectivity index (χ0) is 14.4. The van der Waals surface area contributed by atoms with Crippen LogP contribution in [0.1, 0.15) is 40.5 Å². The third-order valence-corrected chi connectivity index (χ3v) is 3.35. The van der Waals surface area contributed by atoms with Gasteiger partial charge in [0.1, 0.15) is 0 Å². The largest absolute Gasteiger partial charge is 0.379 e. The number of methoxy groups -OCH3 is 1. The van der Waals surface area contributed by atoms with Gasteiger partial charge < -0.3 is 9.47 Å². The Bertz CT molecular complexity index is 332. The molecule has 0 saturated carbocycles. The van der Waals surface area contributed by atoms with Crippen LogP contribution in [0, 0.1) is 0 Å². The van der Waals surface area contributed by atoms with Gasteiger partial charge in [0.05, 0.1) is 30.7 Å². The number of rotatable bonds is 9. The summed E-state index contributed by atoms with van der Waals surface area (Å²) in [5.41, 5.74) is -0.617. The molecule has 0 aromatic rings. The van der Waals surface area contributed by atoms with Crippen LogP contribution in [0.3, 0.4) is 0 Å². The lowest BCUT2D eigenvalue weighted by molar-refractivity contribution is -0.0644. The number of ether oxygens (including phenoxy) is 2. The molecule has 0 saturated heterocycles. The molecular formula is C12H26O5S. The molecule has 0 unspecified atom stereocenters. The fourth-order valence-electron chi connectivity index (χ4n) is 1.19. The van der Waals surface area contributed by atoms with Crippen LogP contribution in [0.2, 0.25) is 0 Å². The van der Waals surface area contributed by atoms with Gasteiger partial charge in [-0.3, -0.25) is 4.18 Å². The third-order valence-electron chi connectivity index (χ3n) is 2.75. The maximum Gasteiger partial charge on any atom is 0.264 e. The Morgan fingerprint density at radius 3 is 1.89 bits per heavy atom. The van der Waals surface area contributed by atoms with Crippen LogP contribution in [0.5, 0.6) is 0 Å². The van der Waals surface area contributed by atoms with Crippen molar-refractivity contribution in [3.63, 3.8) is 0 Å². The van der Waals surface area contributed by atoms with Gasteiger partial charge in [0, 0.05) is 13.5 Å². The first-order chi connectivity index (χ1) is 7.97. The molecule has 0 aliphatic carbocycles. The topological polar surface area (TPSA) is 61.8 Å². The average molecular weight is 282 g/mol. The summed E-state index contributed by atoms with van der Waals surface area (Å²) in [4.78, 5) is 0. The molecule has 0 rings (SSSR count). The fourth-order valence-corrected chi connectivity index (χ4v) is 1.57. The maximum absolute atomic E-state index is 10.8. The lowest BCUT2D eigenvalue weighted by atomic mass is 10.0. The number of hydrogen-bond acceptors (Lipinski definition) is 5. The smallest absolute Gasteiger partial charge is 0.264 e. The SMILES string of the molecule is COC(C)(C)CCOC(C)(C)CCOS(C)(=O)=O. The van der Waals surface area contributed by atoms with Crippen molar-refractivity contribution in [1.29, 1.82) is 0 Å². The molecule has 0 aromatic heterocycles. The Kier molecular flexibility index (Phi) is 6.78. The van der Waals surface area contributed by atoms with Crippen molar-refractivity contribution in [3.05, 3.63) is 0 Å². The zero-order valence-corrected chi connectivity index (χ0v) is 13.1. The Morgan fingerprint density at radius 1 is 0.944 bits per heavy atom. The van der Waals surface area contributed by atoms with E-state index in [1.807, 2.05) is 27.7 Å². The average Bonchev–Trinajstić information content (AvgIpc) is 2.14. The Balaban J connectivity index is 3.94. The summed E-state index contributed by atoms with van der Waals surface area (Å²) in [6, 6.07) is 0. The van der Waals surface area contributed by atoms with E-state index < -0.39 is 15.7 Å². The van der Waals surface area contributed by atoms with Crippen LogP contribution in [-0.2, 0) is 23.8 Å². The molecule has 0 aliphatic heterocycles. The summed E-state index contributed by atoms with van der Waals surface area (Å²) in [5, 5.41) is 0. The van der Waals surface area contributed by atoms with E-state index in [2.05, 4.69) is 0 Å². The number of hydrogen-bond donors (Lipinski definition) is 0. The van der Waals surface area contributed by atoms with Crippen molar-refractivity contribution in [3.8, 4) is 0 Å². The van der Waals surface area contributed by atoms with Crippen LogP contribution in [-0.4, -0.2) is 46.2 Å². The second-order valence-corrected chi connectivity index (χ2v) is 7.24. The Morgan fingerprint density at radius 2 is 1.44 bits per heavy atom. The molecule has 0 radical (unpaired) electrons. The van der Waals surface area contributed by atoms with E-state index in [1.54, 1.807) is 7.11 Å². The molecule has 5 nitrogen and oxygen atoms in total. The highest BCUT2D eigenvalue weighted by molar-refractivity contribution is 7.85. The van der Waals surface area contributed by atoms with Gasteiger partial charge in [-0.25, -0.2) is 0 Å². The van der Waals surface area contributed by atoms with Crippen molar-refractivity contribution in [2.24, 2.45) is 0 Å². The van der Waals surface area contributed by atoms with Gasteiger partial charge in [-0.1, -0.05) is 0 Å². The summed E-state index contributed by atoms with van der Waals surface area (Å²) in [6.45, 7) is 8.52. The third kappa shape index (κ3) is 9.82. The minimum atomic E-state index is -3.37. The highest BCUT2D eigenvalue weighted by atomic mass is 32.2. The lowest BCUT2D eigenvalue weighted by Gasteiger charge is -2.28. The predicted octanol–water partition coefficient (Wildman–Crippen LogP) is 1.96. The van der Waals surface area contributed by atoms with E-state index in [-0.39, 0.29) is 12.2 Å². The van der Waals surface area contributed by atoms with Crippen LogP contribution in [0.25, 0.3) is 0 Å². The maximum atomic E-state index is 10.8. The minimum absolute atomic E-state index is 0.138. The first-order valence-electron chi connectivity index (χ1n) is 6.01. The summed E-state index contributed by atoms with van der Waals surface area (Å²) >= 11 is 0. The molecule has 0 aliphatic rings. The first kappa shape index (κ1) is 17.8. The van der Waals surface area contributed by atoms with E-state index in [0.717, 1.165) is 12.7 Å². The molecule has 0 amide bonds. The summed E-state index contributed by atoms with van der Waals surface area (Å²) in [7, 11) is -1.70. The highest BCUT2D eigenvalue weighted by Gasteiger charge is 2.22. The van der Waals surface area contributed by atoms with Gasteiger partial charge in [-0.05, 0) is 34.1 Å². The first-order valence-corrected chi connectivity index (χ1v) is 7.83. The second-order valence-electron chi connectivity index (χ2n) is 5.60. The van der Waals surface area contributed by atoms with Crippen molar-refractivity contribution in [2.75, 3.05) is 26.6 Å². The molecule has 0 heterocycles. The van der Waals surface area contributed by atoms with Crippen molar-refractivity contribution < 1.29 is 22.1 Å². The quantitative estimate of drug-likeness (QED) is 0.605. The van der Waals surface area contributed by atoms with E-state index >= 15 is 0 Å². The monoisotopic (exact) mass is 282 g/mol. The fraction of sp³-hybridized carbons (Fsp3) is 1.00. The lowest BCUT2D eigenvalue weighted by Crippen LogP contribution is -2.31. The van der Waals surface area contributed by atoms with Gasteiger partial charge in [0.2, 0.25) is 0 Å². The molecule has 0 bridgehead atoms.